The number of benzene rings is 2. The Kier molecular flexibility index (Phi) is 6.84. The Balaban J connectivity index is 1.75. The maximum atomic E-state index is 12.9. The summed E-state index contributed by atoms with van der Waals surface area (Å²) in [7, 11) is 0. The van der Waals surface area contributed by atoms with Gasteiger partial charge in [0.2, 0.25) is 0 Å². The van der Waals surface area contributed by atoms with Crippen molar-refractivity contribution in [3.63, 3.8) is 0 Å². The Bertz CT molecular complexity index is 764. The number of carbonyl (C=O) groups excluding carboxylic acids is 1. The van der Waals surface area contributed by atoms with Crippen LogP contribution in [0.5, 0.6) is 5.75 Å². The van der Waals surface area contributed by atoms with Crippen LogP contribution >= 0.6 is 11.8 Å². The lowest BCUT2D eigenvalue weighted by Crippen LogP contribution is -2.37. The molecule has 1 aliphatic rings. The van der Waals surface area contributed by atoms with E-state index in [0.717, 1.165) is 54.5 Å². The number of amides is 1. The molecule has 1 aliphatic heterocycles. The zero-order chi connectivity index (χ0) is 19.2. The molecule has 2 aromatic carbocycles. The van der Waals surface area contributed by atoms with E-state index in [9.17, 15) is 4.79 Å². The van der Waals surface area contributed by atoms with Gasteiger partial charge in [0.15, 0.2) is 0 Å². The number of likely N-dealkylation sites (tertiary alicyclic amines) is 1. The summed E-state index contributed by atoms with van der Waals surface area (Å²) in [5.41, 5.74) is 3.11. The molecule has 0 aliphatic carbocycles. The van der Waals surface area contributed by atoms with E-state index in [4.69, 9.17) is 4.74 Å². The summed E-state index contributed by atoms with van der Waals surface area (Å²) in [5, 5.41) is 0. The van der Waals surface area contributed by atoms with Crippen molar-refractivity contribution in [1.29, 1.82) is 0 Å². The highest BCUT2D eigenvalue weighted by atomic mass is 32.2. The molecule has 2 aromatic rings. The number of carbonyl (C=O) groups is 1. The van der Waals surface area contributed by atoms with Crippen molar-refractivity contribution in [1.82, 2.24) is 4.90 Å². The average Bonchev–Trinajstić information content (AvgIpc) is 2.68. The summed E-state index contributed by atoms with van der Waals surface area (Å²) in [6.07, 6.45) is 2.19. The van der Waals surface area contributed by atoms with Crippen LogP contribution in [-0.4, -0.2) is 30.5 Å². The van der Waals surface area contributed by atoms with E-state index in [1.807, 2.05) is 30.0 Å². The van der Waals surface area contributed by atoms with Gasteiger partial charge in [-0.1, -0.05) is 24.6 Å². The molecular weight excluding hydrogens is 354 g/mol. The molecule has 1 saturated heterocycles. The third-order valence-electron chi connectivity index (χ3n) is 5.09. The van der Waals surface area contributed by atoms with E-state index in [0.29, 0.717) is 6.61 Å². The number of hydrogen-bond acceptors (Lipinski definition) is 3. The Labute approximate surface area is 167 Å². The minimum absolute atomic E-state index is 0.145. The molecule has 3 nitrogen and oxygen atoms in total. The van der Waals surface area contributed by atoms with Gasteiger partial charge in [-0.05, 0) is 62.9 Å². The van der Waals surface area contributed by atoms with Crippen molar-refractivity contribution in [2.75, 3.05) is 19.7 Å². The first-order valence-electron chi connectivity index (χ1n) is 9.81. The molecule has 0 saturated carbocycles. The maximum absolute atomic E-state index is 12.9. The molecule has 1 heterocycles. The second-order valence-electron chi connectivity index (χ2n) is 7.33. The molecule has 0 bridgehead atoms. The van der Waals surface area contributed by atoms with Crippen molar-refractivity contribution in [3.8, 4) is 5.75 Å². The van der Waals surface area contributed by atoms with Crippen LogP contribution in [0.1, 0.15) is 48.2 Å². The van der Waals surface area contributed by atoms with Crippen molar-refractivity contribution >= 4 is 17.7 Å². The predicted molar refractivity (Wildman–Crippen MR) is 113 cm³/mol. The van der Waals surface area contributed by atoms with Crippen molar-refractivity contribution in [2.45, 2.75) is 44.3 Å². The normalized spacial score (nSPS) is 15.0. The first-order valence-corrected chi connectivity index (χ1v) is 10.8. The first-order chi connectivity index (χ1) is 13.1. The summed E-state index contributed by atoms with van der Waals surface area (Å²) in [6.45, 7) is 8.70. The van der Waals surface area contributed by atoms with E-state index < -0.39 is 0 Å². The molecule has 0 atom stereocenters. The number of rotatable bonds is 6. The lowest BCUT2D eigenvalue weighted by atomic mass is 9.98. The Morgan fingerprint density at radius 3 is 2.52 bits per heavy atom. The van der Waals surface area contributed by atoms with Gasteiger partial charge in [0.05, 0.1) is 6.61 Å². The minimum Gasteiger partial charge on any atom is -0.494 e. The molecule has 1 fully saturated rings. The van der Waals surface area contributed by atoms with Gasteiger partial charge in [0.1, 0.15) is 5.75 Å². The molecule has 4 heteroatoms. The van der Waals surface area contributed by atoms with Crippen LogP contribution in [-0.2, 0) is 5.75 Å². The Hall–Kier alpha value is -1.94. The largest absolute Gasteiger partial charge is 0.494 e. The van der Waals surface area contributed by atoms with Gasteiger partial charge in [-0.3, -0.25) is 4.79 Å². The molecule has 0 spiro atoms. The van der Waals surface area contributed by atoms with Gasteiger partial charge in [0.25, 0.3) is 5.91 Å². The van der Waals surface area contributed by atoms with Gasteiger partial charge < -0.3 is 9.64 Å². The number of ether oxygens (including phenoxy) is 1. The van der Waals surface area contributed by atoms with E-state index in [1.54, 1.807) is 11.8 Å². The third-order valence-corrected chi connectivity index (χ3v) is 6.15. The van der Waals surface area contributed by atoms with Crippen molar-refractivity contribution in [3.05, 3.63) is 59.2 Å². The fraction of sp³-hybridized carbons (Fsp3) is 0.435. The quantitative estimate of drug-likeness (QED) is 0.612. The zero-order valence-corrected chi connectivity index (χ0v) is 17.3. The molecule has 0 radical (unpaired) electrons. The SMILES string of the molecule is CCOc1ccc(C(=O)N2CCC(C)CC2)cc1CSc1ccc(C)cc1. The molecule has 27 heavy (non-hydrogen) atoms. The van der Waals surface area contributed by atoms with Crippen LogP contribution in [0.2, 0.25) is 0 Å². The topological polar surface area (TPSA) is 29.5 Å². The first kappa shape index (κ1) is 19.8. The van der Waals surface area contributed by atoms with Gasteiger partial charge in [-0.2, -0.15) is 0 Å². The van der Waals surface area contributed by atoms with E-state index in [1.165, 1.54) is 10.5 Å². The van der Waals surface area contributed by atoms with Crippen LogP contribution in [0.25, 0.3) is 0 Å². The highest BCUT2D eigenvalue weighted by Crippen LogP contribution is 2.30. The van der Waals surface area contributed by atoms with Crippen molar-refractivity contribution in [2.24, 2.45) is 5.92 Å². The summed E-state index contributed by atoms with van der Waals surface area (Å²) in [6, 6.07) is 14.4. The van der Waals surface area contributed by atoms with Gasteiger partial charge >= 0.3 is 0 Å². The van der Waals surface area contributed by atoms with Crippen LogP contribution < -0.4 is 4.74 Å². The van der Waals surface area contributed by atoms with Crippen molar-refractivity contribution < 1.29 is 9.53 Å². The summed E-state index contributed by atoms with van der Waals surface area (Å²) < 4.78 is 5.80. The van der Waals surface area contributed by atoms with E-state index in [-0.39, 0.29) is 5.91 Å². The van der Waals surface area contributed by atoms with E-state index in [2.05, 4.69) is 38.1 Å². The van der Waals surface area contributed by atoms with Crippen LogP contribution in [0.15, 0.2) is 47.4 Å². The van der Waals surface area contributed by atoms with E-state index >= 15 is 0 Å². The number of thioether (sulfide) groups is 1. The number of nitrogens with zero attached hydrogens (tertiary/aromatic N) is 1. The molecule has 144 valence electrons. The monoisotopic (exact) mass is 383 g/mol. The highest BCUT2D eigenvalue weighted by Gasteiger charge is 2.22. The van der Waals surface area contributed by atoms with Crippen LogP contribution in [0.3, 0.4) is 0 Å². The second kappa shape index (κ2) is 9.32. The van der Waals surface area contributed by atoms with Crippen LogP contribution in [0.4, 0.5) is 0 Å². The molecular formula is C23H29NO2S. The van der Waals surface area contributed by atoms with Gasteiger partial charge in [0, 0.05) is 34.9 Å². The zero-order valence-electron chi connectivity index (χ0n) is 16.5. The standard InChI is InChI=1S/C23H29NO2S/c1-4-26-22-10-7-19(23(25)24-13-11-18(3)12-14-24)15-20(22)16-27-21-8-5-17(2)6-9-21/h5-10,15,18H,4,11-14,16H2,1-3H3. The Morgan fingerprint density at radius 1 is 1.15 bits per heavy atom. The lowest BCUT2D eigenvalue weighted by Gasteiger charge is -2.30. The summed E-state index contributed by atoms with van der Waals surface area (Å²) in [4.78, 5) is 16.1. The molecule has 3 rings (SSSR count). The number of hydrogen-bond donors (Lipinski definition) is 0. The third kappa shape index (κ3) is 5.29. The van der Waals surface area contributed by atoms with Gasteiger partial charge in [-0.25, -0.2) is 0 Å². The smallest absolute Gasteiger partial charge is 0.253 e. The fourth-order valence-corrected chi connectivity index (χ4v) is 4.19. The van der Waals surface area contributed by atoms with Gasteiger partial charge in [-0.15, -0.1) is 11.8 Å². The van der Waals surface area contributed by atoms with Crippen LogP contribution in [0, 0.1) is 12.8 Å². The summed E-state index contributed by atoms with van der Waals surface area (Å²) in [5.74, 6) is 2.53. The summed E-state index contributed by atoms with van der Waals surface area (Å²) >= 11 is 1.77. The highest BCUT2D eigenvalue weighted by molar-refractivity contribution is 7.98. The lowest BCUT2D eigenvalue weighted by molar-refractivity contribution is 0.0697. The number of piperidine rings is 1. The maximum Gasteiger partial charge on any atom is 0.253 e. The Morgan fingerprint density at radius 2 is 1.85 bits per heavy atom. The molecule has 0 unspecified atom stereocenters. The number of aryl methyl sites for hydroxylation is 1. The molecule has 0 aromatic heterocycles. The molecule has 1 amide bonds. The predicted octanol–water partition coefficient (Wildman–Crippen LogP) is 5.56. The molecule has 0 N–H and O–H groups in total. The minimum atomic E-state index is 0.145. The second-order valence-corrected chi connectivity index (χ2v) is 8.38. The average molecular weight is 384 g/mol. The fourth-order valence-electron chi connectivity index (χ4n) is 3.31.